The molecule has 0 spiro atoms. The number of aliphatic hydroxyl groups excluding tert-OH is 1. The number of benzene rings is 1. The van der Waals surface area contributed by atoms with Crippen molar-refractivity contribution in [2.75, 3.05) is 20.3 Å². The van der Waals surface area contributed by atoms with Crippen molar-refractivity contribution in [2.24, 2.45) is 0 Å². The predicted octanol–water partition coefficient (Wildman–Crippen LogP) is 4.07. The van der Waals surface area contributed by atoms with Crippen molar-refractivity contribution >= 4 is 0 Å². The van der Waals surface area contributed by atoms with Gasteiger partial charge in [0.15, 0.2) is 11.5 Å². The van der Waals surface area contributed by atoms with Crippen LogP contribution in [0, 0.1) is 13.8 Å². The van der Waals surface area contributed by atoms with E-state index in [1.165, 1.54) is 25.3 Å². The predicted molar refractivity (Wildman–Crippen MR) is 114 cm³/mol. The number of alkyl halides is 3. The van der Waals surface area contributed by atoms with Gasteiger partial charge < -0.3 is 23.9 Å². The minimum atomic E-state index is -4.84. The first-order valence-corrected chi connectivity index (χ1v) is 10.4. The molecular weight excluding hydrogens is 439 g/mol. The Morgan fingerprint density at radius 2 is 1.82 bits per heavy atom. The smallest absolute Gasteiger partial charge is 0.493 e. The molecule has 7 nitrogen and oxygen atoms in total. The van der Waals surface area contributed by atoms with Crippen molar-refractivity contribution in [1.82, 2.24) is 14.5 Å². The Morgan fingerprint density at radius 1 is 1.09 bits per heavy atom. The van der Waals surface area contributed by atoms with Crippen LogP contribution in [0.5, 0.6) is 11.5 Å². The van der Waals surface area contributed by atoms with Crippen LogP contribution in [0.2, 0.25) is 0 Å². The molecule has 4 rings (SSSR count). The molecule has 33 heavy (non-hydrogen) atoms. The van der Waals surface area contributed by atoms with Gasteiger partial charge in [0.25, 0.3) is 0 Å². The molecule has 10 heteroatoms. The molecule has 0 fully saturated rings. The van der Waals surface area contributed by atoms with Crippen molar-refractivity contribution in [3.8, 4) is 34.1 Å². The molecular formula is C23H24F3N3O4. The molecule has 1 aromatic carbocycles. The first-order valence-electron chi connectivity index (χ1n) is 10.4. The van der Waals surface area contributed by atoms with Gasteiger partial charge in [-0.3, -0.25) is 4.98 Å². The lowest BCUT2D eigenvalue weighted by Crippen LogP contribution is -2.22. The molecule has 0 bridgehead atoms. The van der Waals surface area contributed by atoms with Crippen LogP contribution in [-0.4, -0.2) is 52.4 Å². The Kier molecular flexibility index (Phi) is 6.31. The van der Waals surface area contributed by atoms with E-state index in [1.807, 2.05) is 30.5 Å². The zero-order valence-corrected chi connectivity index (χ0v) is 18.4. The van der Waals surface area contributed by atoms with Gasteiger partial charge in [-0.05, 0) is 44.2 Å². The summed E-state index contributed by atoms with van der Waals surface area (Å²) < 4.78 is 55.2. The molecule has 0 aliphatic carbocycles. The van der Waals surface area contributed by atoms with E-state index in [1.54, 1.807) is 0 Å². The molecule has 176 valence electrons. The fraction of sp³-hybridized carbons (Fsp3) is 0.391. The van der Waals surface area contributed by atoms with Crippen molar-refractivity contribution in [3.63, 3.8) is 0 Å². The van der Waals surface area contributed by atoms with Gasteiger partial charge in [-0.25, -0.2) is 4.98 Å². The second kappa shape index (κ2) is 9.03. The molecule has 3 heterocycles. The van der Waals surface area contributed by atoms with Crippen molar-refractivity contribution in [1.29, 1.82) is 0 Å². The van der Waals surface area contributed by atoms with Gasteiger partial charge in [0.05, 0.1) is 38.7 Å². The minimum absolute atomic E-state index is 0.0668. The van der Waals surface area contributed by atoms with Crippen LogP contribution in [0.15, 0.2) is 30.3 Å². The fourth-order valence-electron chi connectivity index (χ4n) is 4.06. The first-order chi connectivity index (χ1) is 15.7. The van der Waals surface area contributed by atoms with Crippen LogP contribution in [0.3, 0.4) is 0 Å². The molecule has 0 saturated heterocycles. The summed E-state index contributed by atoms with van der Waals surface area (Å²) in [4.78, 5) is 9.31. The third-order valence-electron chi connectivity index (χ3n) is 5.36. The number of nitrogens with zero attached hydrogens (tertiary/aromatic N) is 3. The molecule has 3 aromatic rings. The summed E-state index contributed by atoms with van der Waals surface area (Å²) >= 11 is 0. The third kappa shape index (κ3) is 4.96. The number of ether oxygens (including phenoxy) is 3. The average Bonchev–Trinajstić information content (AvgIpc) is 2.95. The highest BCUT2D eigenvalue weighted by Gasteiger charge is 2.33. The summed E-state index contributed by atoms with van der Waals surface area (Å²) in [6.07, 6.45) is -4.71. The molecule has 1 aliphatic heterocycles. The third-order valence-corrected chi connectivity index (χ3v) is 5.36. The summed E-state index contributed by atoms with van der Waals surface area (Å²) in [7, 11) is 1.28. The van der Waals surface area contributed by atoms with E-state index in [-0.39, 0.29) is 12.4 Å². The SMILES string of the molecule is COc1cc(-c2nc(-c3cc(C)nc(C)c3)c3n2C[C@@H](CO)OCC3)ccc1OC(F)(F)F. The molecule has 2 aromatic heterocycles. The number of pyridine rings is 1. The van der Waals surface area contributed by atoms with Crippen LogP contribution in [-0.2, 0) is 17.7 Å². The normalized spacial score (nSPS) is 16.3. The Labute approximate surface area is 188 Å². The largest absolute Gasteiger partial charge is 0.573 e. The van der Waals surface area contributed by atoms with E-state index in [9.17, 15) is 18.3 Å². The Balaban J connectivity index is 1.87. The number of rotatable bonds is 5. The van der Waals surface area contributed by atoms with Gasteiger partial charge in [-0.1, -0.05) is 0 Å². The summed E-state index contributed by atoms with van der Waals surface area (Å²) in [5, 5.41) is 9.72. The lowest BCUT2D eigenvalue weighted by molar-refractivity contribution is -0.275. The number of hydrogen-bond acceptors (Lipinski definition) is 6. The second-order valence-corrected chi connectivity index (χ2v) is 7.82. The standard InChI is InChI=1S/C23H24F3N3O4/c1-13-8-16(9-14(2)27-13)21-18-6-7-32-17(12-30)11-29(18)22(28-21)15-4-5-19(20(10-15)31-3)33-23(24,25)26/h4-5,8-10,17,30H,6-7,11-12H2,1-3H3/t17-/m0/s1. The molecule has 0 unspecified atom stereocenters. The van der Waals surface area contributed by atoms with Crippen molar-refractivity contribution in [2.45, 2.75) is 39.3 Å². The Morgan fingerprint density at radius 3 is 2.45 bits per heavy atom. The lowest BCUT2D eigenvalue weighted by atomic mass is 10.1. The van der Waals surface area contributed by atoms with Crippen LogP contribution in [0.4, 0.5) is 13.2 Å². The van der Waals surface area contributed by atoms with Gasteiger partial charge in [0.2, 0.25) is 0 Å². The maximum atomic E-state index is 12.8. The lowest BCUT2D eigenvalue weighted by Gasteiger charge is -2.16. The van der Waals surface area contributed by atoms with Gasteiger partial charge in [0, 0.05) is 34.6 Å². The van der Waals surface area contributed by atoms with Crippen molar-refractivity contribution < 1.29 is 32.5 Å². The highest BCUT2D eigenvalue weighted by Crippen LogP contribution is 2.38. The number of methoxy groups -OCH3 is 1. The highest BCUT2D eigenvalue weighted by molar-refractivity contribution is 5.70. The fourth-order valence-corrected chi connectivity index (χ4v) is 4.06. The average molecular weight is 463 g/mol. The Hall–Kier alpha value is -3.11. The summed E-state index contributed by atoms with van der Waals surface area (Å²) in [6.45, 7) is 4.40. The molecule has 0 radical (unpaired) electrons. The van der Waals surface area contributed by atoms with Gasteiger partial charge >= 0.3 is 6.36 Å². The summed E-state index contributed by atoms with van der Waals surface area (Å²) in [5.41, 5.74) is 4.80. The van der Waals surface area contributed by atoms with E-state index >= 15 is 0 Å². The van der Waals surface area contributed by atoms with Gasteiger partial charge in [-0.15, -0.1) is 13.2 Å². The number of hydrogen-bond donors (Lipinski definition) is 1. The highest BCUT2D eigenvalue weighted by atomic mass is 19.4. The van der Waals surface area contributed by atoms with Crippen LogP contribution < -0.4 is 9.47 Å². The maximum Gasteiger partial charge on any atom is 0.573 e. The number of aryl methyl sites for hydroxylation is 2. The number of aliphatic hydroxyl groups is 1. The monoisotopic (exact) mass is 463 g/mol. The van der Waals surface area contributed by atoms with E-state index in [2.05, 4.69) is 9.72 Å². The molecule has 1 aliphatic rings. The molecule has 1 atom stereocenters. The summed E-state index contributed by atoms with van der Waals surface area (Å²) in [5.74, 6) is 0.0319. The molecule has 1 N–H and O–H groups in total. The Bertz CT molecular complexity index is 1140. The number of aromatic nitrogens is 3. The number of imidazole rings is 1. The number of halogens is 3. The first kappa shape index (κ1) is 23.1. The van der Waals surface area contributed by atoms with Crippen molar-refractivity contribution in [3.05, 3.63) is 47.4 Å². The van der Waals surface area contributed by atoms with E-state index in [0.717, 1.165) is 28.3 Å². The van der Waals surface area contributed by atoms with E-state index in [0.29, 0.717) is 31.0 Å². The van der Waals surface area contributed by atoms with Crippen LogP contribution >= 0.6 is 0 Å². The van der Waals surface area contributed by atoms with Crippen LogP contribution in [0.1, 0.15) is 17.1 Å². The zero-order chi connectivity index (χ0) is 23.8. The van der Waals surface area contributed by atoms with E-state index in [4.69, 9.17) is 14.5 Å². The van der Waals surface area contributed by atoms with Crippen LogP contribution in [0.25, 0.3) is 22.6 Å². The molecule has 0 saturated carbocycles. The maximum absolute atomic E-state index is 12.8. The van der Waals surface area contributed by atoms with E-state index < -0.39 is 18.2 Å². The second-order valence-electron chi connectivity index (χ2n) is 7.82. The zero-order valence-electron chi connectivity index (χ0n) is 18.4. The van der Waals surface area contributed by atoms with Gasteiger partial charge in [-0.2, -0.15) is 0 Å². The van der Waals surface area contributed by atoms with Gasteiger partial charge in [0.1, 0.15) is 5.82 Å². The quantitative estimate of drug-likeness (QED) is 0.615. The molecule has 0 amide bonds. The summed E-state index contributed by atoms with van der Waals surface area (Å²) in [6, 6.07) is 8.06. The topological polar surface area (TPSA) is 78.6 Å². The number of fused-ring (bicyclic) bond motifs is 1. The minimum Gasteiger partial charge on any atom is -0.493 e.